The van der Waals surface area contributed by atoms with Crippen LogP contribution in [0, 0.1) is 29.6 Å². The van der Waals surface area contributed by atoms with Crippen molar-refractivity contribution in [2.75, 3.05) is 7.11 Å². The van der Waals surface area contributed by atoms with Crippen molar-refractivity contribution in [3.63, 3.8) is 0 Å². The van der Waals surface area contributed by atoms with Crippen LogP contribution in [0.4, 0.5) is 0 Å². The van der Waals surface area contributed by atoms with Crippen LogP contribution in [0.2, 0.25) is 0 Å². The summed E-state index contributed by atoms with van der Waals surface area (Å²) in [6.45, 7) is 3.87. The zero-order chi connectivity index (χ0) is 17.0. The molecule has 1 unspecified atom stereocenters. The summed E-state index contributed by atoms with van der Waals surface area (Å²) in [6, 6.07) is 5.46. The molecule has 1 aromatic carbocycles. The first-order valence-electron chi connectivity index (χ1n) is 8.40. The molecule has 0 N–H and O–H groups in total. The zero-order valence-electron chi connectivity index (χ0n) is 14.0. The summed E-state index contributed by atoms with van der Waals surface area (Å²) in [6.07, 6.45) is 0.685. The SMILES string of the molecule is CC#Cc1ccc(C2C(=O)[C@H]3[C@H]4O[C@H](C[C@@H]4C)[C@H]3C2=O)c(OC)c1. The lowest BCUT2D eigenvalue weighted by Gasteiger charge is -2.22. The van der Waals surface area contributed by atoms with Crippen LogP contribution >= 0.6 is 0 Å². The molecule has 24 heavy (non-hydrogen) atoms. The van der Waals surface area contributed by atoms with Gasteiger partial charge in [-0.05, 0) is 31.4 Å². The van der Waals surface area contributed by atoms with E-state index in [9.17, 15) is 9.59 Å². The van der Waals surface area contributed by atoms with Gasteiger partial charge in [-0.2, -0.15) is 0 Å². The van der Waals surface area contributed by atoms with E-state index in [1.54, 1.807) is 20.1 Å². The van der Waals surface area contributed by atoms with Gasteiger partial charge in [-0.25, -0.2) is 0 Å². The fourth-order valence-electron chi connectivity index (χ4n) is 4.70. The van der Waals surface area contributed by atoms with Crippen LogP contribution < -0.4 is 4.74 Å². The van der Waals surface area contributed by atoms with E-state index in [1.165, 1.54) is 0 Å². The Bertz CT molecular complexity index is 785. The smallest absolute Gasteiger partial charge is 0.154 e. The van der Waals surface area contributed by atoms with Crippen LogP contribution in [-0.4, -0.2) is 30.9 Å². The Hall–Kier alpha value is -2.12. The van der Waals surface area contributed by atoms with Gasteiger partial charge >= 0.3 is 0 Å². The summed E-state index contributed by atoms with van der Waals surface area (Å²) in [5.41, 5.74) is 1.48. The fraction of sp³-hybridized carbons (Fsp3) is 0.500. The van der Waals surface area contributed by atoms with Gasteiger partial charge in [0.1, 0.15) is 11.7 Å². The van der Waals surface area contributed by atoms with Crippen molar-refractivity contribution < 1.29 is 19.1 Å². The fourth-order valence-corrected chi connectivity index (χ4v) is 4.70. The first kappa shape index (κ1) is 15.4. The number of carbonyl (C=O) groups is 2. The molecule has 3 aliphatic rings. The quantitative estimate of drug-likeness (QED) is 0.619. The number of hydrogen-bond acceptors (Lipinski definition) is 4. The molecule has 0 radical (unpaired) electrons. The molecular weight excluding hydrogens is 304 g/mol. The van der Waals surface area contributed by atoms with E-state index in [0.717, 1.165) is 12.0 Å². The molecule has 1 aliphatic carbocycles. The summed E-state index contributed by atoms with van der Waals surface area (Å²) < 4.78 is 11.3. The monoisotopic (exact) mass is 324 g/mol. The number of hydrogen-bond donors (Lipinski definition) is 0. The normalized spacial score (nSPS) is 36.5. The van der Waals surface area contributed by atoms with Gasteiger partial charge in [-0.3, -0.25) is 9.59 Å². The highest BCUT2D eigenvalue weighted by atomic mass is 16.5. The molecule has 2 aliphatic heterocycles. The van der Waals surface area contributed by atoms with Crippen molar-refractivity contribution in [1.29, 1.82) is 0 Å². The highest BCUT2D eigenvalue weighted by Gasteiger charge is 2.65. The van der Waals surface area contributed by atoms with Gasteiger partial charge in [-0.1, -0.05) is 18.9 Å². The Morgan fingerprint density at radius 1 is 1.21 bits per heavy atom. The molecular formula is C20H20O4. The van der Waals surface area contributed by atoms with Gasteiger partial charge < -0.3 is 9.47 Å². The highest BCUT2D eigenvalue weighted by Crippen LogP contribution is 2.54. The summed E-state index contributed by atoms with van der Waals surface area (Å²) in [5.74, 6) is 5.43. The number of methoxy groups -OCH3 is 1. The van der Waals surface area contributed by atoms with Crippen LogP contribution in [0.25, 0.3) is 0 Å². The van der Waals surface area contributed by atoms with E-state index < -0.39 is 5.92 Å². The van der Waals surface area contributed by atoms with E-state index >= 15 is 0 Å². The summed E-state index contributed by atoms with van der Waals surface area (Å²) in [5, 5.41) is 0. The van der Waals surface area contributed by atoms with E-state index in [1.807, 2.05) is 12.1 Å². The molecule has 1 aromatic rings. The van der Waals surface area contributed by atoms with Crippen LogP contribution in [-0.2, 0) is 14.3 Å². The largest absolute Gasteiger partial charge is 0.496 e. The number of benzene rings is 1. The Balaban J connectivity index is 1.74. The van der Waals surface area contributed by atoms with Gasteiger partial charge in [0.15, 0.2) is 11.6 Å². The zero-order valence-corrected chi connectivity index (χ0v) is 14.0. The molecule has 0 amide bonds. The average Bonchev–Trinajstić information content (AvgIpc) is 3.19. The van der Waals surface area contributed by atoms with Gasteiger partial charge in [0.25, 0.3) is 0 Å². The predicted octanol–water partition coefficient (Wildman–Crippen LogP) is 2.34. The molecule has 2 saturated heterocycles. The number of fused-ring (bicyclic) bond motifs is 5. The molecule has 6 atom stereocenters. The van der Waals surface area contributed by atoms with E-state index in [-0.39, 0.29) is 35.6 Å². The van der Waals surface area contributed by atoms with Crippen LogP contribution in [0.5, 0.6) is 5.75 Å². The van der Waals surface area contributed by atoms with Crippen molar-refractivity contribution in [1.82, 2.24) is 0 Å². The van der Waals surface area contributed by atoms with Gasteiger partial charge in [-0.15, -0.1) is 5.92 Å². The van der Waals surface area contributed by atoms with Gasteiger partial charge in [0, 0.05) is 11.1 Å². The topological polar surface area (TPSA) is 52.6 Å². The predicted molar refractivity (Wildman–Crippen MR) is 87.7 cm³/mol. The van der Waals surface area contributed by atoms with Crippen molar-refractivity contribution in [2.24, 2.45) is 17.8 Å². The molecule has 4 nitrogen and oxygen atoms in total. The lowest BCUT2D eigenvalue weighted by atomic mass is 9.76. The number of ketones is 2. The van der Waals surface area contributed by atoms with Crippen LogP contribution in [0.15, 0.2) is 18.2 Å². The second kappa shape index (κ2) is 5.46. The number of ether oxygens (including phenoxy) is 2. The third-order valence-corrected chi connectivity index (χ3v) is 5.68. The van der Waals surface area contributed by atoms with E-state index in [2.05, 4.69) is 18.8 Å². The first-order valence-corrected chi connectivity index (χ1v) is 8.40. The lowest BCUT2D eigenvalue weighted by molar-refractivity contribution is -0.127. The number of Topliss-reactive ketones (excluding diaryl/α,β-unsaturated/α-hetero) is 2. The summed E-state index contributed by atoms with van der Waals surface area (Å²) in [7, 11) is 1.56. The molecule has 4 heteroatoms. The lowest BCUT2D eigenvalue weighted by Crippen LogP contribution is -2.33. The molecule has 2 heterocycles. The van der Waals surface area contributed by atoms with Crippen LogP contribution in [0.1, 0.15) is 37.3 Å². The third-order valence-electron chi connectivity index (χ3n) is 5.68. The Labute approximate surface area is 141 Å². The highest BCUT2D eigenvalue weighted by molar-refractivity contribution is 6.17. The number of carbonyl (C=O) groups excluding carboxylic acids is 2. The maximum Gasteiger partial charge on any atom is 0.154 e. The number of rotatable bonds is 2. The molecule has 0 aromatic heterocycles. The van der Waals surface area contributed by atoms with E-state index in [0.29, 0.717) is 17.2 Å². The molecule has 4 rings (SSSR count). The second-order valence-electron chi connectivity index (χ2n) is 6.97. The Kier molecular flexibility index (Phi) is 3.51. The molecule has 3 fully saturated rings. The van der Waals surface area contributed by atoms with Crippen molar-refractivity contribution in [3.05, 3.63) is 29.3 Å². The maximum atomic E-state index is 13.0. The minimum atomic E-state index is -0.724. The molecule has 0 spiro atoms. The van der Waals surface area contributed by atoms with Crippen molar-refractivity contribution >= 4 is 11.6 Å². The third kappa shape index (κ3) is 1.98. The second-order valence-corrected chi connectivity index (χ2v) is 6.97. The van der Waals surface area contributed by atoms with Gasteiger partial charge in [0.05, 0.1) is 31.2 Å². The van der Waals surface area contributed by atoms with E-state index in [4.69, 9.17) is 9.47 Å². The van der Waals surface area contributed by atoms with Gasteiger partial charge in [0.2, 0.25) is 0 Å². The maximum absolute atomic E-state index is 13.0. The molecule has 1 saturated carbocycles. The summed E-state index contributed by atoms with van der Waals surface area (Å²) >= 11 is 0. The van der Waals surface area contributed by atoms with Crippen LogP contribution in [0.3, 0.4) is 0 Å². The van der Waals surface area contributed by atoms with Crippen molar-refractivity contribution in [3.8, 4) is 17.6 Å². The average molecular weight is 324 g/mol. The Morgan fingerprint density at radius 3 is 2.67 bits per heavy atom. The minimum absolute atomic E-state index is 0.00275. The van der Waals surface area contributed by atoms with Crippen molar-refractivity contribution in [2.45, 2.75) is 38.4 Å². The molecule has 2 bridgehead atoms. The molecule has 124 valence electrons. The summed E-state index contributed by atoms with van der Waals surface area (Å²) in [4.78, 5) is 26.0. The standard InChI is InChI=1S/C20H20O4/c1-4-5-11-6-7-12(13(9-11)23-3)15-18(21)16-14-8-10(2)20(24-14)17(16)19(15)22/h6-7,9-10,14-17,20H,8H2,1-3H3/t10-,14+,15?,16+,17-,20-/m0/s1. The minimum Gasteiger partial charge on any atom is -0.496 e. The Morgan fingerprint density at radius 2 is 1.96 bits per heavy atom. The first-order chi connectivity index (χ1) is 11.6.